The average molecular weight is 424 g/mol. The molecular formula is C25H33N3O3. The maximum absolute atomic E-state index is 13.1. The highest BCUT2D eigenvalue weighted by molar-refractivity contribution is 5.88. The third-order valence-corrected chi connectivity index (χ3v) is 6.69. The number of nitrogens with zero attached hydrogens (tertiary/aromatic N) is 3. The van der Waals surface area contributed by atoms with Crippen LogP contribution < -0.4 is 4.74 Å². The number of carbonyl (C=O) groups excluding carboxylic acids is 2. The summed E-state index contributed by atoms with van der Waals surface area (Å²) < 4.78 is 5.30. The van der Waals surface area contributed by atoms with Crippen LogP contribution in [0.2, 0.25) is 0 Å². The number of rotatable bonds is 5. The van der Waals surface area contributed by atoms with E-state index in [1.54, 1.807) is 7.11 Å². The third kappa shape index (κ3) is 5.01. The van der Waals surface area contributed by atoms with E-state index in [1.807, 2.05) is 41.0 Å². The lowest BCUT2D eigenvalue weighted by Crippen LogP contribution is -2.52. The van der Waals surface area contributed by atoms with Crippen molar-refractivity contribution in [1.29, 1.82) is 0 Å². The molecule has 0 aliphatic carbocycles. The summed E-state index contributed by atoms with van der Waals surface area (Å²) in [5.41, 5.74) is 1.03. The summed E-state index contributed by atoms with van der Waals surface area (Å²) in [7, 11) is 1.67. The Balaban J connectivity index is 1.32. The van der Waals surface area contributed by atoms with Gasteiger partial charge < -0.3 is 14.5 Å². The topological polar surface area (TPSA) is 53.1 Å². The zero-order valence-electron chi connectivity index (χ0n) is 18.7. The Hall–Kier alpha value is -2.60. The first-order chi connectivity index (χ1) is 15.0. The summed E-state index contributed by atoms with van der Waals surface area (Å²) in [6.45, 7) is 7.14. The summed E-state index contributed by atoms with van der Waals surface area (Å²) in [6.07, 6.45) is 3.47. The van der Waals surface area contributed by atoms with Crippen LogP contribution in [0, 0.1) is 0 Å². The molecule has 0 saturated carbocycles. The zero-order valence-corrected chi connectivity index (χ0v) is 18.7. The zero-order chi connectivity index (χ0) is 21.8. The van der Waals surface area contributed by atoms with Gasteiger partial charge in [-0.2, -0.15) is 0 Å². The molecule has 2 heterocycles. The van der Waals surface area contributed by atoms with E-state index in [0.717, 1.165) is 61.1 Å². The standard InChI is InChI=1S/C25H33N3O3/c1-19(20-6-7-22-17-23(31-2)9-8-21(22)16-20)25(30)28-14-12-26(13-15-28)18-24(29)27-10-4-3-5-11-27/h6-9,16-17,19H,3-5,10-15,18H2,1-2H3/t19-/m0/s1. The van der Waals surface area contributed by atoms with Gasteiger partial charge in [0.25, 0.3) is 0 Å². The quantitative estimate of drug-likeness (QED) is 0.742. The minimum Gasteiger partial charge on any atom is -0.497 e. The molecule has 0 N–H and O–H groups in total. The number of amides is 2. The summed E-state index contributed by atoms with van der Waals surface area (Å²) in [4.78, 5) is 31.8. The van der Waals surface area contributed by atoms with Crippen LogP contribution in [-0.2, 0) is 9.59 Å². The second kappa shape index (κ2) is 9.69. The van der Waals surface area contributed by atoms with Crippen LogP contribution in [0.1, 0.15) is 37.7 Å². The molecule has 2 fully saturated rings. The smallest absolute Gasteiger partial charge is 0.236 e. The molecule has 0 bridgehead atoms. The number of piperidine rings is 1. The van der Waals surface area contributed by atoms with E-state index in [1.165, 1.54) is 6.42 Å². The van der Waals surface area contributed by atoms with Gasteiger partial charge in [-0.05, 0) is 54.7 Å². The van der Waals surface area contributed by atoms with Crippen LogP contribution in [0.15, 0.2) is 36.4 Å². The minimum atomic E-state index is -0.187. The van der Waals surface area contributed by atoms with Gasteiger partial charge in [-0.1, -0.05) is 24.3 Å². The van der Waals surface area contributed by atoms with Crippen molar-refractivity contribution in [3.8, 4) is 5.75 Å². The molecule has 2 saturated heterocycles. The second-order valence-electron chi connectivity index (χ2n) is 8.74. The van der Waals surface area contributed by atoms with Crippen LogP contribution >= 0.6 is 0 Å². The van der Waals surface area contributed by atoms with E-state index < -0.39 is 0 Å². The number of piperazine rings is 1. The fourth-order valence-corrected chi connectivity index (χ4v) is 4.62. The molecule has 2 aliphatic heterocycles. The van der Waals surface area contributed by atoms with Crippen molar-refractivity contribution in [2.45, 2.75) is 32.1 Å². The predicted octanol–water partition coefficient (Wildman–Crippen LogP) is 3.11. The molecule has 0 aromatic heterocycles. The van der Waals surface area contributed by atoms with E-state index in [2.05, 4.69) is 17.0 Å². The van der Waals surface area contributed by atoms with Crippen LogP contribution in [0.4, 0.5) is 0 Å². The number of likely N-dealkylation sites (tertiary alicyclic amines) is 1. The number of ether oxygens (including phenoxy) is 1. The van der Waals surface area contributed by atoms with Gasteiger partial charge in [0.15, 0.2) is 0 Å². The van der Waals surface area contributed by atoms with E-state index in [9.17, 15) is 9.59 Å². The highest BCUT2D eigenvalue weighted by atomic mass is 16.5. The first-order valence-electron chi connectivity index (χ1n) is 11.4. The Morgan fingerprint density at radius 3 is 2.26 bits per heavy atom. The fourth-order valence-electron chi connectivity index (χ4n) is 4.62. The number of hydrogen-bond acceptors (Lipinski definition) is 4. The summed E-state index contributed by atoms with van der Waals surface area (Å²) >= 11 is 0. The molecule has 166 valence electrons. The van der Waals surface area contributed by atoms with Gasteiger partial charge in [-0.25, -0.2) is 0 Å². The summed E-state index contributed by atoms with van der Waals surface area (Å²) in [6, 6.07) is 12.2. The molecule has 2 aromatic rings. The van der Waals surface area contributed by atoms with E-state index in [0.29, 0.717) is 19.6 Å². The van der Waals surface area contributed by atoms with Crippen LogP contribution in [0.3, 0.4) is 0 Å². The molecule has 4 rings (SSSR count). The van der Waals surface area contributed by atoms with Crippen molar-refractivity contribution < 1.29 is 14.3 Å². The minimum absolute atomic E-state index is 0.162. The van der Waals surface area contributed by atoms with Crippen molar-refractivity contribution in [2.24, 2.45) is 0 Å². The van der Waals surface area contributed by atoms with Gasteiger partial charge >= 0.3 is 0 Å². The molecule has 1 atom stereocenters. The molecule has 0 radical (unpaired) electrons. The van der Waals surface area contributed by atoms with Gasteiger partial charge in [0.05, 0.1) is 19.6 Å². The van der Waals surface area contributed by atoms with Crippen LogP contribution in [0.25, 0.3) is 10.8 Å². The molecule has 31 heavy (non-hydrogen) atoms. The summed E-state index contributed by atoms with van der Waals surface area (Å²) in [5.74, 6) is 1.05. The molecule has 2 aliphatic rings. The van der Waals surface area contributed by atoms with Crippen LogP contribution in [-0.4, -0.2) is 79.4 Å². The van der Waals surface area contributed by atoms with E-state index in [-0.39, 0.29) is 17.7 Å². The van der Waals surface area contributed by atoms with E-state index >= 15 is 0 Å². The third-order valence-electron chi connectivity index (χ3n) is 6.69. The molecule has 6 nitrogen and oxygen atoms in total. The van der Waals surface area contributed by atoms with Gasteiger partial charge in [-0.3, -0.25) is 14.5 Å². The number of carbonyl (C=O) groups is 2. The lowest BCUT2D eigenvalue weighted by molar-refractivity contribution is -0.136. The Morgan fingerprint density at radius 2 is 1.55 bits per heavy atom. The normalized spacial score (nSPS) is 18.8. The van der Waals surface area contributed by atoms with Gasteiger partial charge in [0.1, 0.15) is 5.75 Å². The highest BCUT2D eigenvalue weighted by Crippen LogP contribution is 2.26. The molecule has 0 unspecified atom stereocenters. The number of methoxy groups -OCH3 is 1. The van der Waals surface area contributed by atoms with Crippen molar-refractivity contribution in [2.75, 3.05) is 52.9 Å². The Kier molecular flexibility index (Phi) is 6.76. The number of benzene rings is 2. The SMILES string of the molecule is COc1ccc2cc([C@H](C)C(=O)N3CCN(CC(=O)N4CCCCC4)CC3)ccc2c1. The number of hydrogen-bond donors (Lipinski definition) is 0. The first-order valence-corrected chi connectivity index (χ1v) is 11.4. The lowest BCUT2D eigenvalue weighted by Gasteiger charge is -2.37. The predicted molar refractivity (Wildman–Crippen MR) is 122 cm³/mol. The summed E-state index contributed by atoms with van der Waals surface area (Å²) in [5, 5.41) is 2.22. The Labute approximate surface area is 184 Å². The maximum Gasteiger partial charge on any atom is 0.236 e. The Morgan fingerprint density at radius 1 is 0.871 bits per heavy atom. The van der Waals surface area contributed by atoms with Crippen LogP contribution in [0.5, 0.6) is 5.75 Å². The molecular weight excluding hydrogens is 390 g/mol. The van der Waals surface area contributed by atoms with Crippen molar-refractivity contribution in [1.82, 2.24) is 14.7 Å². The van der Waals surface area contributed by atoms with Gasteiger partial charge in [0, 0.05) is 39.3 Å². The first kappa shape index (κ1) is 21.6. The molecule has 0 spiro atoms. The van der Waals surface area contributed by atoms with Gasteiger partial charge in [0.2, 0.25) is 11.8 Å². The lowest BCUT2D eigenvalue weighted by atomic mass is 9.96. The molecule has 2 aromatic carbocycles. The van der Waals surface area contributed by atoms with Gasteiger partial charge in [-0.15, -0.1) is 0 Å². The van der Waals surface area contributed by atoms with E-state index in [4.69, 9.17) is 4.74 Å². The number of fused-ring (bicyclic) bond motifs is 1. The fraction of sp³-hybridized carbons (Fsp3) is 0.520. The Bertz CT molecular complexity index is 931. The van der Waals surface area contributed by atoms with Crippen molar-refractivity contribution in [3.05, 3.63) is 42.0 Å². The molecule has 6 heteroatoms. The second-order valence-corrected chi connectivity index (χ2v) is 8.74. The average Bonchev–Trinajstić information content (AvgIpc) is 2.83. The maximum atomic E-state index is 13.1. The van der Waals surface area contributed by atoms with Crippen molar-refractivity contribution in [3.63, 3.8) is 0 Å². The van der Waals surface area contributed by atoms with Crippen molar-refractivity contribution >= 4 is 22.6 Å². The highest BCUT2D eigenvalue weighted by Gasteiger charge is 2.27. The largest absolute Gasteiger partial charge is 0.497 e. The molecule has 2 amide bonds. The monoisotopic (exact) mass is 423 g/mol.